The summed E-state index contributed by atoms with van der Waals surface area (Å²) < 4.78 is 109. The summed E-state index contributed by atoms with van der Waals surface area (Å²) in [5, 5.41) is 143. The number of amides is 4. The summed E-state index contributed by atoms with van der Waals surface area (Å²) in [5.41, 5.74) is -5.10. The van der Waals surface area contributed by atoms with Crippen molar-refractivity contribution in [1.29, 1.82) is 21.0 Å². The Morgan fingerprint density at radius 3 is 1.03 bits per heavy atom. The smallest absolute Gasteiger partial charge is 0.333 e. The van der Waals surface area contributed by atoms with Crippen LogP contribution in [0.3, 0.4) is 0 Å². The molecular weight excluding hydrogens is 1860 g/mol. The zero-order valence-corrected chi connectivity index (χ0v) is 75.3. The van der Waals surface area contributed by atoms with E-state index in [1.807, 2.05) is 0 Å². The number of thioether (sulfide) groups is 1. The summed E-state index contributed by atoms with van der Waals surface area (Å²) in [4.78, 5) is 150. The Hall–Kier alpha value is -13.1. The number of nitrogens with one attached hydrogen (secondary N) is 4. The molecule has 4 amide bonds. The Bertz CT molecular complexity index is 6600. The first-order valence-electron chi connectivity index (χ1n) is 42.2. The number of aliphatic hydroxyl groups excluding tert-OH is 10. The van der Waals surface area contributed by atoms with Crippen molar-refractivity contribution in [3.8, 4) is 24.3 Å². The van der Waals surface area contributed by atoms with Gasteiger partial charge < -0.3 is 91.3 Å². The van der Waals surface area contributed by atoms with Crippen LogP contribution in [0, 0.1) is 96.3 Å². The van der Waals surface area contributed by atoms with E-state index in [1.165, 1.54) is 77.7 Å². The van der Waals surface area contributed by atoms with E-state index in [4.69, 9.17) is 40.0 Å². The average molecular weight is 1960 g/mol. The molecule has 0 unspecified atom stereocenters. The number of benzene rings is 4. The fourth-order valence-corrected chi connectivity index (χ4v) is 16.3. The van der Waals surface area contributed by atoms with Crippen molar-refractivity contribution in [3.63, 3.8) is 0 Å². The van der Waals surface area contributed by atoms with E-state index in [2.05, 4.69) is 21.3 Å². The third kappa shape index (κ3) is 27.2. The fourth-order valence-electron chi connectivity index (χ4n) is 14.5. The number of hydrogen-bond donors (Lipinski definition) is 14. The van der Waals surface area contributed by atoms with Gasteiger partial charge >= 0.3 is 22.8 Å². The highest BCUT2D eigenvalue weighted by Gasteiger charge is 2.40. The number of carbonyl (C=O) groups excluding carboxylic acids is 4. The van der Waals surface area contributed by atoms with Crippen LogP contribution in [0.25, 0.3) is 0 Å². The minimum absolute atomic E-state index is 0.00309. The minimum atomic E-state index is -3.82. The summed E-state index contributed by atoms with van der Waals surface area (Å²) in [6.07, 6.45) is -8.19. The van der Waals surface area contributed by atoms with Gasteiger partial charge in [-0.15, -0.1) is 0 Å². The van der Waals surface area contributed by atoms with E-state index in [1.54, 1.807) is 38.1 Å². The molecule has 0 bridgehead atoms. The van der Waals surface area contributed by atoms with Crippen LogP contribution in [-0.2, 0) is 55.0 Å². The van der Waals surface area contributed by atoms with Crippen LogP contribution in [-0.4, -0.2) is 256 Å². The molecule has 44 nitrogen and oxygen atoms in total. The number of halogens is 4. The van der Waals surface area contributed by atoms with Gasteiger partial charge in [0.2, 0.25) is 0 Å². The van der Waals surface area contributed by atoms with Crippen molar-refractivity contribution in [2.45, 2.75) is 172 Å². The largest absolute Gasteiger partial charge is 0.394 e. The molecule has 4 fully saturated rings. The van der Waals surface area contributed by atoms with Crippen molar-refractivity contribution < 1.29 is 115 Å². The van der Waals surface area contributed by atoms with Crippen LogP contribution in [0.5, 0.6) is 0 Å². The number of aryl methyl sites for hydroxylation is 4. The van der Waals surface area contributed by atoms with Crippen molar-refractivity contribution in [1.82, 2.24) is 57.8 Å². The second-order valence-corrected chi connectivity index (χ2v) is 35.2. The van der Waals surface area contributed by atoms with Gasteiger partial charge in [0.15, 0.2) is 9.84 Å². The first-order chi connectivity index (χ1) is 65.1. The number of carbonyl (C=O) groups is 4. The van der Waals surface area contributed by atoms with Crippen molar-refractivity contribution in [2.24, 2.45) is 0 Å². The normalized spacial score (nSPS) is 20.2. The van der Waals surface area contributed by atoms with Gasteiger partial charge in [-0.3, -0.25) is 74.9 Å². The second kappa shape index (κ2) is 49.1. The van der Waals surface area contributed by atoms with Crippen LogP contribution >= 0.6 is 11.8 Å². The molecule has 734 valence electrons. The fraction of sp³-hybridized carbons (Fsp3) is 0.448. The summed E-state index contributed by atoms with van der Waals surface area (Å²) in [7, 11) is -3.82. The van der Waals surface area contributed by atoms with E-state index in [9.17, 15) is 135 Å². The number of rotatable bonds is 33. The van der Waals surface area contributed by atoms with Gasteiger partial charge in [0.1, 0.15) is 96.9 Å². The van der Waals surface area contributed by atoms with Crippen LogP contribution < -0.4 is 66.3 Å². The quantitative estimate of drug-likeness (QED) is 0.0143. The summed E-state index contributed by atoms with van der Waals surface area (Å²) >= 11 is 1.42. The lowest BCUT2D eigenvalue weighted by Crippen LogP contribution is -2.48. The molecule has 8 aromatic rings. The molecule has 137 heavy (non-hydrogen) atoms. The highest BCUT2D eigenvalue weighted by atomic mass is 32.2. The lowest BCUT2D eigenvalue weighted by Gasteiger charge is -2.21. The number of aromatic nitrogens is 8. The highest BCUT2D eigenvalue weighted by Crippen LogP contribution is 2.31. The molecular formula is C87H98F4N16O28S2. The maximum atomic E-state index is 13.4. The van der Waals surface area contributed by atoms with Gasteiger partial charge in [-0.1, -0.05) is 0 Å². The van der Waals surface area contributed by atoms with Crippen LogP contribution in [0.1, 0.15) is 143 Å². The van der Waals surface area contributed by atoms with Crippen LogP contribution in [0.2, 0.25) is 0 Å². The zero-order valence-electron chi connectivity index (χ0n) is 73.7. The molecule has 0 spiro atoms. The van der Waals surface area contributed by atoms with Crippen LogP contribution in [0.4, 0.5) is 17.6 Å². The average Bonchev–Trinajstić information content (AvgIpc) is 1.76. The van der Waals surface area contributed by atoms with Crippen LogP contribution in [0.15, 0.2) is 136 Å². The first kappa shape index (κ1) is 108. The standard InChI is InChI=1S/C22H25FN4O8S.C22H25FN4O8.C22H25FN4O6S.C21H23FN4O6/c1-13-11-27(19-9-17(29)18(12-28)35-19)22(32)26(21(13)31)5-7-36(33,34)6-4-25-20(30)14-2-3-16(23)15(8-14)10-24;1-11-8-26(19-5-15(29)18(10-28)35-19)22(34)27(21(11)33)9-17(31)16(30)7-25-20(32)12-2-3-14(23)13(4-12)6-24;1-13-11-27(19-9-17(29)18(12-28)33-19)22(32)26(21(13)31)5-7-34-6-4-25-20(30)14-2-3-16(23)15(8-14)10-24;1-12-10-26(18-8-16(28)17(11-27)32-18)21(31)25(20(12)30)6-2-5-24-19(29)13-3-4-15(22)14(7-13)9-23/h2-3,8,11,17-19,28-29H,4-7,9,12H2,1H3,(H,25,30);2-4,8,15-19,28-31H,5,7,9-10H2,1H3,(H,25,32);2-3,8,11,17-19,28-29H,4-7,9,12H2,1H3,(H,25,30);3-4,7,10,16-18,27-28H,2,5-6,8,11H2,1H3,(H,24,29)/t17-,18+,19+;15-,16+,17+,18+,19+;17-,18+,19+;16-,17+,18+/m0000/s1. The third-order valence-electron chi connectivity index (χ3n) is 22.1. The lowest BCUT2D eigenvalue weighted by atomic mass is 10.1. The number of sulfone groups is 1. The maximum absolute atomic E-state index is 13.4. The molecule has 12 rings (SSSR count). The highest BCUT2D eigenvalue weighted by molar-refractivity contribution is 7.99. The molecule has 8 heterocycles. The SMILES string of the molecule is Cc1cn([C@H]2C[C@H](O)[C@@H](CO)O2)c(=O)n(CCCNC(=O)c2ccc(F)c(C#N)c2)c1=O.Cc1cn([C@H]2C[C@H](O)[C@@H](CO)O2)c(=O)n(CCS(=O)(=O)CCNC(=O)c2ccc(F)c(C#N)c2)c1=O.Cc1cn([C@H]2C[C@H](O)[C@@H](CO)O2)c(=O)n(CCSCCNC(=O)c2ccc(F)c(C#N)c2)c1=O.Cc1cn([C@H]2C[C@H](O)[C@@H](CO)O2)c(=O)n(C[C@@H](O)[C@H](O)CNC(=O)c2ccc(F)c(C#N)c2)c1=O. The summed E-state index contributed by atoms with van der Waals surface area (Å²) in [6.45, 7) is 3.10. The van der Waals surface area contributed by atoms with E-state index in [-0.39, 0.29) is 121 Å². The van der Waals surface area contributed by atoms with Gasteiger partial charge in [-0.25, -0.2) is 45.2 Å². The van der Waals surface area contributed by atoms with E-state index < -0.39 is 239 Å². The van der Waals surface area contributed by atoms with Crippen molar-refractivity contribution in [2.75, 3.05) is 75.6 Å². The number of hydrogen-bond acceptors (Lipinski definition) is 33. The molecule has 4 aliphatic rings. The molecule has 0 aliphatic carbocycles. The van der Waals surface area contributed by atoms with Crippen molar-refractivity contribution in [3.05, 3.63) is 271 Å². The summed E-state index contributed by atoms with van der Waals surface area (Å²) in [5.74, 6) is -5.50. The first-order valence-corrected chi connectivity index (χ1v) is 45.2. The molecule has 14 atom stereocenters. The van der Waals surface area contributed by atoms with Crippen molar-refractivity contribution >= 4 is 45.2 Å². The molecule has 4 saturated heterocycles. The molecule has 4 aliphatic heterocycles. The Kier molecular flexibility index (Phi) is 38.5. The monoisotopic (exact) mass is 1950 g/mol. The van der Waals surface area contributed by atoms with Gasteiger partial charge in [-0.2, -0.15) is 32.8 Å². The Labute approximate surface area is 778 Å². The Morgan fingerprint density at radius 1 is 0.416 bits per heavy atom. The van der Waals surface area contributed by atoms with Gasteiger partial charge in [0.25, 0.3) is 45.9 Å². The van der Waals surface area contributed by atoms with Gasteiger partial charge in [0.05, 0.1) is 103 Å². The molecule has 14 N–H and O–H groups in total. The lowest BCUT2D eigenvalue weighted by molar-refractivity contribution is -0.0468. The van der Waals surface area contributed by atoms with Gasteiger partial charge in [0, 0.05) is 152 Å². The number of aliphatic hydroxyl groups is 10. The second-order valence-electron chi connectivity index (χ2n) is 31.7. The molecule has 50 heteroatoms. The minimum Gasteiger partial charge on any atom is -0.394 e. The van der Waals surface area contributed by atoms with E-state index in [0.717, 1.165) is 77.4 Å². The van der Waals surface area contributed by atoms with Gasteiger partial charge in [-0.05, 0) is 107 Å². The molecule has 0 saturated carbocycles. The Morgan fingerprint density at radius 2 is 0.708 bits per heavy atom. The zero-order chi connectivity index (χ0) is 101. The van der Waals surface area contributed by atoms with E-state index in [0.29, 0.717) is 33.7 Å². The maximum Gasteiger partial charge on any atom is 0.333 e. The number of nitrogens with zero attached hydrogens (tertiary/aromatic N) is 12. The number of nitriles is 4. The molecule has 4 aromatic carbocycles. The Balaban J connectivity index is 0.000000205. The van der Waals surface area contributed by atoms with E-state index >= 15 is 0 Å². The number of ether oxygens (including phenoxy) is 4. The molecule has 4 aromatic heterocycles. The predicted molar refractivity (Wildman–Crippen MR) is 472 cm³/mol. The predicted octanol–water partition coefficient (Wildman–Crippen LogP) is -3.14. The summed E-state index contributed by atoms with van der Waals surface area (Å²) in [6, 6.07) is 19.8. The molecule has 0 radical (unpaired) electrons. The topological polar surface area (TPSA) is 661 Å². The third-order valence-corrected chi connectivity index (χ3v) is 24.7.